The molecule has 1 fully saturated rings. The van der Waals surface area contributed by atoms with Gasteiger partial charge in [-0.05, 0) is 50.3 Å². The smallest absolute Gasteiger partial charge is 0.123 e. The molecule has 2 N–H and O–H groups in total. The lowest BCUT2D eigenvalue weighted by atomic mass is 9.92. The second kappa shape index (κ2) is 5.61. The molecule has 0 aliphatic heterocycles. The van der Waals surface area contributed by atoms with Crippen molar-refractivity contribution in [3.8, 4) is 0 Å². The van der Waals surface area contributed by atoms with Crippen molar-refractivity contribution in [3.63, 3.8) is 0 Å². The quantitative estimate of drug-likeness (QED) is 0.847. The van der Waals surface area contributed by atoms with Crippen molar-refractivity contribution in [2.75, 3.05) is 0 Å². The molecule has 0 radical (unpaired) electrons. The largest absolute Gasteiger partial charge is 0.393 e. The number of aliphatic hydroxyl groups excluding tert-OH is 1. The molecule has 2 rings (SSSR count). The van der Waals surface area contributed by atoms with Crippen LogP contribution < -0.4 is 5.32 Å². The number of aliphatic hydroxyl groups is 1. The van der Waals surface area contributed by atoms with E-state index in [-0.39, 0.29) is 18.0 Å². The van der Waals surface area contributed by atoms with Crippen LogP contribution in [0.15, 0.2) is 24.3 Å². The molecule has 1 aliphatic rings. The molecule has 3 atom stereocenters. The standard InChI is InChI=1S/C14H20FNO/c1-10(11-5-7-12(15)8-6-11)16-13-3-2-4-14(17)9-13/h5-8,10,13-14,16-17H,2-4,9H2,1H3. The van der Waals surface area contributed by atoms with Crippen LogP contribution in [0.3, 0.4) is 0 Å². The summed E-state index contributed by atoms with van der Waals surface area (Å²) in [5.41, 5.74) is 1.09. The van der Waals surface area contributed by atoms with Gasteiger partial charge in [-0.3, -0.25) is 0 Å². The van der Waals surface area contributed by atoms with E-state index in [9.17, 15) is 9.50 Å². The Morgan fingerprint density at radius 2 is 2.00 bits per heavy atom. The zero-order valence-corrected chi connectivity index (χ0v) is 10.2. The van der Waals surface area contributed by atoms with Crippen LogP contribution in [-0.2, 0) is 0 Å². The fourth-order valence-corrected chi connectivity index (χ4v) is 2.52. The van der Waals surface area contributed by atoms with Crippen LogP contribution in [0.25, 0.3) is 0 Å². The van der Waals surface area contributed by atoms with E-state index in [4.69, 9.17) is 0 Å². The number of hydrogen-bond acceptors (Lipinski definition) is 2. The minimum atomic E-state index is -0.200. The lowest BCUT2D eigenvalue weighted by Gasteiger charge is -2.29. The zero-order chi connectivity index (χ0) is 12.3. The molecule has 0 spiro atoms. The molecular weight excluding hydrogens is 217 g/mol. The molecule has 1 saturated carbocycles. The van der Waals surface area contributed by atoms with E-state index in [0.717, 1.165) is 31.2 Å². The molecule has 1 aromatic carbocycles. The third kappa shape index (κ3) is 3.51. The highest BCUT2D eigenvalue weighted by Crippen LogP contribution is 2.22. The van der Waals surface area contributed by atoms with Crippen LogP contribution in [0.2, 0.25) is 0 Å². The van der Waals surface area contributed by atoms with Gasteiger partial charge in [0.2, 0.25) is 0 Å². The number of halogens is 1. The average Bonchev–Trinajstić information content (AvgIpc) is 2.29. The maximum atomic E-state index is 12.8. The van der Waals surface area contributed by atoms with E-state index >= 15 is 0 Å². The summed E-state index contributed by atoms with van der Waals surface area (Å²) < 4.78 is 12.8. The van der Waals surface area contributed by atoms with E-state index < -0.39 is 0 Å². The minimum absolute atomic E-state index is 0.165. The molecule has 1 aliphatic carbocycles. The van der Waals surface area contributed by atoms with Gasteiger partial charge in [-0.2, -0.15) is 0 Å². The number of benzene rings is 1. The Labute approximate surface area is 102 Å². The molecule has 0 amide bonds. The van der Waals surface area contributed by atoms with Crippen molar-refractivity contribution in [2.45, 2.75) is 50.8 Å². The second-order valence-corrected chi connectivity index (χ2v) is 4.96. The summed E-state index contributed by atoms with van der Waals surface area (Å²) in [5.74, 6) is -0.200. The molecule has 94 valence electrons. The van der Waals surface area contributed by atoms with Gasteiger partial charge in [0, 0.05) is 12.1 Å². The van der Waals surface area contributed by atoms with Crippen molar-refractivity contribution in [1.29, 1.82) is 0 Å². The fourth-order valence-electron chi connectivity index (χ4n) is 2.52. The van der Waals surface area contributed by atoms with Crippen LogP contribution in [0.1, 0.15) is 44.2 Å². The normalized spacial score (nSPS) is 26.8. The summed E-state index contributed by atoms with van der Waals surface area (Å²) in [7, 11) is 0. The highest BCUT2D eigenvalue weighted by Gasteiger charge is 2.21. The van der Waals surface area contributed by atoms with Gasteiger partial charge in [-0.25, -0.2) is 4.39 Å². The van der Waals surface area contributed by atoms with E-state index in [1.807, 2.05) is 12.1 Å². The zero-order valence-electron chi connectivity index (χ0n) is 10.2. The van der Waals surface area contributed by atoms with Crippen LogP contribution in [-0.4, -0.2) is 17.3 Å². The lowest BCUT2D eigenvalue weighted by molar-refractivity contribution is 0.109. The van der Waals surface area contributed by atoms with Crippen molar-refractivity contribution in [2.24, 2.45) is 0 Å². The number of rotatable bonds is 3. The Balaban J connectivity index is 1.91. The summed E-state index contributed by atoms with van der Waals surface area (Å²) in [6.45, 7) is 2.08. The van der Waals surface area contributed by atoms with Crippen molar-refractivity contribution in [1.82, 2.24) is 5.32 Å². The van der Waals surface area contributed by atoms with Crippen LogP contribution in [0.5, 0.6) is 0 Å². The maximum Gasteiger partial charge on any atom is 0.123 e. The Morgan fingerprint density at radius 3 is 2.65 bits per heavy atom. The molecule has 2 nitrogen and oxygen atoms in total. The van der Waals surface area contributed by atoms with Gasteiger partial charge >= 0.3 is 0 Å². The highest BCUT2D eigenvalue weighted by atomic mass is 19.1. The molecule has 0 saturated heterocycles. The van der Waals surface area contributed by atoms with Gasteiger partial charge in [0.05, 0.1) is 6.10 Å². The summed E-state index contributed by atoms with van der Waals surface area (Å²) in [6.07, 6.45) is 3.77. The van der Waals surface area contributed by atoms with Gasteiger partial charge in [0.15, 0.2) is 0 Å². The first-order chi connectivity index (χ1) is 8.15. The summed E-state index contributed by atoms with van der Waals surface area (Å²) in [4.78, 5) is 0. The van der Waals surface area contributed by atoms with E-state index in [1.165, 1.54) is 12.1 Å². The summed E-state index contributed by atoms with van der Waals surface area (Å²) in [5, 5.41) is 13.1. The van der Waals surface area contributed by atoms with Crippen molar-refractivity contribution < 1.29 is 9.50 Å². The Morgan fingerprint density at radius 1 is 1.29 bits per heavy atom. The second-order valence-electron chi connectivity index (χ2n) is 4.96. The molecule has 3 unspecified atom stereocenters. The fraction of sp³-hybridized carbons (Fsp3) is 0.571. The molecule has 0 bridgehead atoms. The average molecular weight is 237 g/mol. The Hall–Kier alpha value is -0.930. The molecule has 0 aromatic heterocycles. The molecule has 3 heteroatoms. The lowest BCUT2D eigenvalue weighted by Crippen LogP contribution is -2.37. The summed E-state index contributed by atoms with van der Waals surface area (Å²) >= 11 is 0. The third-order valence-electron chi connectivity index (χ3n) is 3.50. The molecule has 1 aromatic rings. The minimum Gasteiger partial charge on any atom is -0.393 e. The first-order valence-corrected chi connectivity index (χ1v) is 6.34. The van der Waals surface area contributed by atoms with Crippen molar-refractivity contribution in [3.05, 3.63) is 35.6 Å². The Bertz CT molecular complexity index is 352. The summed E-state index contributed by atoms with van der Waals surface area (Å²) in [6, 6.07) is 7.18. The highest BCUT2D eigenvalue weighted by molar-refractivity contribution is 5.19. The predicted molar refractivity (Wildman–Crippen MR) is 66.2 cm³/mol. The first kappa shape index (κ1) is 12.5. The molecule has 0 heterocycles. The predicted octanol–water partition coefficient (Wildman–Crippen LogP) is 2.78. The first-order valence-electron chi connectivity index (χ1n) is 6.34. The van der Waals surface area contributed by atoms with E-state index in [1.54, 1.807) is 0 Å². The topological polar surface area (TPSA) is 32.3 Å². The van der Waals surface area contributed by atoms with E-state index in [2.05, 4.69) is 12.2 Å². The van der Waals surface area contributed by atoms with Gasteiger partial charge < -0.3 is 10.4 Å². The van der Waals surface area contributed by atoms with Crippen LogP contribution in [0.4, 0.5) is 4.39 Å². The van der Waals surface area contributed by atoms with Crippen LogP contribution >= 0.6 is 0 Å². The Kier molecular flexibility index (Phi) is 4.13. The molecular formula is C14H20FNO. The van der Waals surface area contributed by atoms with Gasteiger partial charge in [0.25, 0.3) is 0 Å². The van der Waals surface area contributed by atoms with Crippen molar-refractivity contribution >= 4 is 0 Å². The molecule has 17 heavy (non-hydrogen) atoms. The van der Waals surface area contributed by atoms with Gasteiger partial charge in [-0.15, -0.1) is 0 Å². The third-order valence-corrected chi connectivity index (χ3v) is 3.50. The van der Waals surface area contributed by atoms with Gasteiger partial charge in [-0.1, -0.05) is 12.1 Å². The maximum absolute atomic E-state index is 12.8. The SMILES string of the molecule is CC(NC1CCCC(O)C1)c1ccc(F)cc1. The van der Waals surface area contributed by atoms with E-state index in [0.29, 0.717) is 6.04 Å². The number of hydrogen-bond donors (Lipinski definition) is 2. The van der Waals surface area contributed by atoms with Crippen LogP contribution in [0, 0.1) is 5.82 Å². The van der Waals surface area contributed by atoms with Gasteiger partial charge in [0.1, 0.15) is 5.82 Å². The number of nitrogens with one attached hydrogen (secondary N) is 1. The monoisotopic (exact) mass is 237 g/mol.